The van der Waals surface area contributed by atoms with E-state index < -0.39 is 15.9 Å². The van der Waals surface area contributed by atoms with Gasteiger partial charge in [-0.15, -0.1) is 0 Å². The van der Waals surface area contributed by atoms with Crippen LogP contribution in [0.4, 0.5) is 0 Å². The maximum Gasteiger partial charge on any atom is 0.251 e. The van der Waals surface area contributed by atoms with Gasteiger partial charge in [0.05, 0.1) is 5.75 Å². The van der Waals surface area contributed by atoms with Crippen LogP contribution in [-0.4, -0.2) is 32.4 Å². The average molecular weight is 367 g/mol. The molecule has 0 aliphatic heterocycles. The number of carbonyl (C=O) groups is 1. The van der Waals surface area contributed by atoms with Crippen LogP contribution >= 0.6 is 22.6 Å². The van der Waals surface area contributed by atoms with Crippen molar-refractivity contribution in [1.29, 1.82) is 0 Å². The minimum Gasteiger partial charge on any atom is -0.349 e. The molecule has 1 N–H and O–H groups in total. The molecule has 4 nitrogen and oxygen atoms in total. The van der Waals surface area contributed by atoms with E-state index in [9.17, 15) is 13.2 Å². The van der Waals surface area contributed by atoms with E-state index in [2.05, 4.69) is 27.9 Å². The Hall–Kier alpha value is -0.630. The number of amides is 1. The normalized spacial score (nSPS) is 13.1. The van der Waals surface area contributed by atoms with Gasteiger partial charge in [-0.1, -0.05) is 6.07 Å². The fourth-order valence-corrected chi connectivity index (χ4v) is 2.97. The van der Waals surface area contributed by atoms with Gasteiger partial charge < -0.3 is 5.32 Å². The molecule has 0 aromatic heterocycles. The van der Waals surface area contributed by atoms with E-state index >= 15 is 0 Å². The number of hydrogen-bond acceptors (Lipinski definition) is 3. The first-order valence-corrected chi connectivity index (χ1v) is 8.16. The van der Waals surface area contributed by atoms with E-state index in [0.717, 1.165) is 9.83 Å². The Balaban J connectivity index is 2.67. The monoisotopic (exact) mass is 367 g/mol. The summed E-state index contributed by atoms with van der Waals surface area (Å²) in [6.07, 6.45) is 1.15. The number of carbonyl (C=O) groups excluding carboxylic acids is 1. The van der Waals surface area contributed by atoms with Gasteiger partial charge >= 0.3 is 0 Å². The maximum atomic E-state index is 11.8. The lowest BCUT2D eigenvalue weighted by atomic mass is 10.2. The van der Waals surface area contributed by atoms with Crippen molar-refractivity contribution in [3.05, 3.63) is 33.4 Å². The van der Waals surface area contributed by atoms with Gasteiger partial charge in [0.15, 0.2) is 0 Å². The lowest BCUT2D eigenvalue weighted by molar-refractivity contribution is 0.0943. The highest BCUT2D eigenvalue weighted by atomic mass is 127. The Morgan fingerprint density at radius 1 is 1.47 bits per heavy atom. The molecule has 0 aliphatic carbocycles. The lowest BCUT2D eigenvalue weighted by Gasteiger charge is -2.12. The van der Waals surface area contributed by atoms with Gasteiger partial charge in [-0.2, -0.15) is 0 Å². The number of sulfone groups is 1. The molecule has 0 saturated carbocycles. The van der Waals surface area contributed by atoms with Crippen LogP contribution in [-0.2, 0) is 9.84 Å². The van der Waals surface area contributed by atoms with Crippen LogP contribution in [0.1, 0.15) is 17.3 Å². The van der Waals surface area contributed by atoms with Crippen molar-refractivity contribution in [3.8, 4) is 0 Å². The third-order valence-corrected chi connectivity index (χ3v) is 3.79. The van der Waals surface area contributed by atoms with Crippen LogP contribution in [0.2, 0.25) is 0 Å². The molecule has 1 rings (SSSR count). The molecule has 0 radical (unpaired) electrons. The highest BCUT2D eigenvalue weighted by Gasteiger charge is 2.14. The van der Waals surface area contributed by atoms with E-state index in [4.69, 9.17) is 0 Å². The first kappa shape index (κ1) is 14.4. The van der Waals surface area contributed by atoms with Crippen molar-refractivity contribution < 1.29 is 13.2 Å². The number of benzene rings is 1. The number of halogens is 1. The van der Waals surface area contributed by atoms with Gasteiger partial charge in [-0.3, -0.25) is 4.79 Å². The summed E-state index contributed by atoms with van der Waals surface area (Å²) in [5, 5.41) is 2.66. The summed E-state index contributed by atoms with van der Waals surface area (Å²) in [5.41, 5.74) is 0.539. The Morgan fingerprint density at radius 3 is 2.65 bits per heavy atom. The van der Waals surface area contributed by atoms with E-state index in [0.29, 0.717) is 5.56 Å². The molecule has 0 fully saturated rings. The SMILES string of the molecule is CC(CS(C)(=O)=O)NC(=O)c1cccc(I)c1. The van der Waals surface area contributed by atoms with Gasteiger partial charge in [0.25, 0.3) is 5.91 Å². The number of rotatable bonds is 4. The van der Waals surface area contributed by atoms with E-state index in [1.807, 2.05) is 6.07 Å². The van der Waals surface area contributed by atoms with E-state index in [1.165, 1.54) is 0 Å². The predicted octanol–water partition coefficient (Wildman–Crippen LogP) is 1.45. The smallest absolute Gasteiger partial charge is 0.251 e. The highest BCUT2D eigenvalue weighted by Crippen LogP contribution is 2.07. The standard InChI is InChI=1S/C11H14INO3S/c1-8(7-17(2,15)16)13-11(14)9-4-3-5-10(12)6-9/h3-6,8H,7H2,1-2H3,(H,13,14). The van der Waals surface area contributed by atoms with Crippen molar-refractivity contribution in [3.63, 3.8) is 0 Å². The second kappa shape index (κ2) is 5.81. The van der Waals surface area contributed by atoms with Gasteiger partial charge in [-0.25, -0.2) is 8.42 Å². The van der Waals surface area contributed by atoms with Crippen LogP contribution in [0.25, 0.3) is 0 Å². The minimum atomic E-state index is -3.08. The number of nitrogens with one attached hydrogen (secondary N) is 1. The van der Waals surface area contributed by atoms with Crippen molar-refractivity contribution in [2.45, 2.75) is 13.0 Å². The minimum absolute atomic E-state index is 0.0529. The van der Waals surface area contributed by atoms with Crippen LogP contribution in [0.15, 0.2) is 24.3 Å². The van der Waals surface area contributed by atoms with Gasteiger partial charge in [0.2, 0.25) is 0 Å². The van der Waals surface area contributed by atoms with Gasteiger partial charge in [0, 0.05) is 21.4 Å². The summed E-state index contributed by atoms with van der Waals surface area (Å²) in [6, 6.07) is 6.73. The van der Waals surface area contributed by atoms with Crippen LogP contribution in [0, 0.1) is 3.57 Å². The molecule has 6 heteroatoms. The zero-order valence-electron chi connectivity index (χ0n) is 9.60. The predicted molar refractivity (Wildman–Crippen MR) is 75.8 cm³/mol. The quantitative estimate of drug-likeness (QED) is 0.820. The molecule has 0 bridgehead atoms. The summed E-state index contributed by atoms with van der Waals surface area (Å²) in [4.78, 5) is 11.8. The first-order chi connectivity index (χ1) is 7.78. The molecule has 0 heterocycles. The summed E-state index contributed by atoms with van der Waals surface area (Å²) in [7, 11) is -3.08. The second-order valence-electron chi connectivity index (χ2n) is 3.98. The second-order valence-corrected chi connectivity index (χ2v) is 7.41. The summed E-state index contributed by atoms with van der Waals surface area (Å²) in [5.74, 6) is -0.303. The van der Waals surface area contributed by atoms with Crippen molar-refractivity contribution in [2.24, 2.45) is 0 Å². The summed E-state index contributed by atoms with van der Waals surface area (Å²) in [6.45, 7) is 1.67. The summed E-state index contributed by atoms with van der Waals surface area (Å²) < 4.78 is 23.1. The van der Waals surface area contributed by atoms with Crippen molar-refractivity contribution >= 4 is 38.3 Å². The molecular formula is C11H14INO3S. The van der Waals surface area contributed by atoms with Crippen molar-refractivity contribution in [1.82, 2.24) is 5.32 Å². The lowest BCUT2D eigenvalue weighted by Crippen LogP contribution is -2.37. The highest BCUT2D eigenvalue weighted by molar-refractivity contribution is 14.1. The zero-order valence-corrected chi connectivity index (χ0v) is 12.6. The first-order valence-electron chi connectivity index (χ1n) is 5.02. The molecular weight excluding hydrogens is 353 g/mol. The molecule has 1 aromatic carbocycles. The molecule has 1 unspecified atom stereocenters. The Morgan fingerprint density at radius 2 is 2.12 bits per heavy atom. The molecule has 17 heavy (non-hydrogen) atoms. The van der Waals surface area contributed by atoms with Gasteiger partial charge in [-0.05, 0) is 47.7 Å². The molecule has 0 saturated heterocycles. The molecule has 0 aliphatic rings. The fraction of sp³-hybridized carbons (Fsp3) is 0.364. The van der Waals surface area contributed by atoms with Crippen LogP contribution in [0.5, 0.6) is 0 Å². The van der Waals surface area contributed by atoms with Crippen molar-refractivity contribution in [2.75, 3.05) is 12.0 Å². The fourth-order valence-electron chi connectivity index (χ4n) is 1.43. The molecule has 94 valence electrons. The van der Waals surface area contributed by atoms with Crippen LogP contribution < -0.4 is 5.32 Å². The zero-order chi connectivity index (χ0) is 13.1. The molecule has 1 amide bonds. The van der Waals surface area contributed by atoms with E-state index in [-0.39, 0.29) is 11.7 Å². The topological polar surface area (TPSA) is 63.2 Å². The van der Waals surface area contributed by atoms with E-state index in [1.54, 1.807) is 25.1 Å². The van der Waals surface area contributed by atoms with Gasteiger partial charge in [0.1, 0.15) is 9.84 Å². The van der Waals surface area contributed by atoms with Crippen LogP contribution in [0.3, 0.4) is 0 Å². The number of hydrogen-bond donors (Lipinski definition) is 1. The summed E-state index contributed by atoms with van der Waals surface area (Å²) >= 11 is 2.12. The average Bonchev–Trinajstić information content (AvgIpc) is 2.14. The Labute approximate surface area is 115 Å². The molecule has 0 spiro atoms. The third-order valence-electron chi connectivity index (χ3n) is 2.02. The largest absolute Gasteiger partial charge is 0.349 e. The molecule has 1 aromatic rings. The Kier molecular flexibility index (Phi) is 4.93. The molecule has 1 atom stereocenters. The Bertz CT molecular complexity index is 513. The third kappa shape index (κ3) is 5.49. The maximum absolute atomic E-state index is 11.8.